The molecule has 3 N–H and O–H groups in total. The van der Waals surface area contributed by atoms with E-state index in [4.69, 9.17) is 5.73 Å². The molecule has 0 spiro atoms. The maximum absolute atomic E-state index is 12.4. The molecule has 0 amide bonds. The molecule has 1 unspecified atom stereocenters. The molecule has 0 aliphatic carbocycles. The van der Waals surface area contributed by atoms with Gasteiger partial charge in [0, 0.05) is 12.6 Å². The van der Waals surface area contributed by atoms with Crippen LogP contribution in [0.4, 0.5) is 0 Å². The lowest BCUT2D eigenvalue weighted by atomic mass is 9.88. The largest absolute Gasteiger partial charge is 0.329 e. The third-order valence-electron chi connectivity index (χ3n) is 3.20. The summed E-state index contributed by atoms with van der Waals surface area (Å²) in [5.41, 5.74) is 7.25. The highest BCUT2D eigenvalue weighted by molar-refractivity contribution is 7.89. The van der Waals surface area contributed by atoms with Crippen LogP contribution in [0.3, 0.4) is 0 Å². The normalized spacial score (nSPS) is 14.4. The van der Waals surface area contributed by atoms with Crippen molar-refractivity contribution in [1.82, 2.24) is 4.72 Å². The predicted molar refractivity (Wildman–Crippen MR) is 78.5 cm³/mol. The molecule has 1 aromatic carbocycles. The summed E-state index contributed by atoms with van der Waals surface area (Å²) in [6.07, 6.45) is 0. The van der Waals surface area contributed by atoms with Gasteiger partial charge in [-0.1, -0.05) is 38.5 Å². The maximum Gasteiger partial charge on any atom is 0.241 e. The van der Waals surface area contributed by atoms with Crippen molar-refractivity contribution >= 4 is 10.0 Å². The predicted octanol–water partition coefficient (Wildman–Crippen LogP) is 1.96. The molecule has 1 atom stereocenters. The standard InChI is InChI=1S/C14H24N2O2S/c1-10-6-7-12(11(2)8-10)19(17,18)16-13(9-15)14(3,4)5/h6-8,13,16H,9,15H2,1-5H3. The topological polar surface area (TPSA) is 72.2 Å². The van der Waals surface area contributed by atoms with Crippen molar-refractivity contribution in [3.05, 3.63) is 29.3 Å². The first kappa shape index (κ1) is 16.1. The Labute approximate surface area is 116 Å². The van der Waals surface area contributed by atoms with E-state index in [1.165, 1.54) is 0 Å². The molecule has 0 bridgehead atoms. The lowest BCUT2D eigenvalue weighted by Gasteiger charge is -2.30. The van der Waals surface area contributed by atoms with E-state index in [1.807, 2.05) is 33.8 Å². The van der Waals surface area contributed by atoms with Crippen LogP contribution >= 0.6 is 0 Å². The van der Waals surface area contributed by atoms with Crippen LogP contribution in [0, 0.1) is 19.3 Å². The quantitative estimate of drug-likeness (QED) is 0.887. The van der Waals surface area contributed by atoms with Crippen LogP contribution in [0.1, 0.15) is 31.9 Å². The zero-order valence-corrected chi connectivity index (χ0v) is 13.1. The molecule has 0 heterocycles. The maximum atomic E-state index is 12.4. The van der Waals surface area contributed by atoms with Gasteiger partial charge in [-0.15, -0.1) is 0 Å². The number of nitrogens with two attached hydrogens (primary N) is 1. The highest BCUT2D eigenvalue weighted by Crippen LogP contribution is 2.22. The summed E-state index contributed by atoms with van der Waals surface area (Å²) >= 11 is 0. The van der Waals surface area contributed by atoms with Crippen molar-refractivity contribution in [2.45, 2.75) is 45.6 Å². The first-order valence-corrected chi connectivity index (χ1v) is 7.86. The Morgan fingerprint density at radius 2 is 1.84 bits per heavy atom. The fourth-order valence-electron chi connectivity index (χ4n) is 1.93. The molecule has 1 rings (SSSR count). The summed E-state index contributed by atoms with van der Waals surface area (Å²) in [7, 11) is -3.53. The summed E-state index contributed by atoms with van der Waals surface area (Å²) < 4.78 is 27.5. The Balaban J connectivity index is 3.11. The number of nitrogens with one attached hydrogen (secondary N) is 1. The minimum absolute atomic E-state index is 0.222. The Kier molecular flexibility index (Phi) is 4.76. The van der Waals surface area contributed by atoms with Crippen molar-refractivity contribution < 1.29 is 8.42 Å². The molecule has 0 aliphatic heterocycles. The third kappa shape index (κ3) is 4.03. The smallest absolute Gasteiger partial charge is 0.241 e. The summed E-state index contributed by atoms with van der Waals surface area (Å²) in [6.45, 7) is 9.91. The van der Waals surface area contributed by atoms with E-state index in [0.717, 1.165) is 11.1 Å². The van der Waals surface area contributed by atoms with Crippen LogP contribution in [0.15, 0.2) is 23.1 Å². The first-order chi connectivity index (χ1) is 8.58. The molecule has 0 saturated heterocycles. The monoisotopic (exact) mass is 284 g/mol. The van der Waals surface area contributed by atoms with E-state index in [0.29, 0.717) is 4.90 Å². The van der Waals surface area contributed by atoms with Crippen LogP contribution < -0.4 is 10.5 Å². The highest BCUT2D eigenvalue weighted by Gasteiger charge is 2.29. The molecule has 0 saturated carbocycles. The van der Waals surface area contributed by atoms with E-state index in [2.05, 4.69) is 4.72 Å². The van der Waals surface area contributed by atoms with Gasteiger partial charge in [0.15, 0.2) is 0 Å². The zero-order valence-electron chi connectivity index (χ0n) is 12.3. The number of rotatable bonds is 4. The van der Waals surface area contributed by atoms with Crippen LogP contribution in [0.25, 0.3) is 0 Å². The first-order valence-electron chi connectivity index (χ1n) is 6.37. The highest BCUT2D eigenvalue weighted by atomic mass is 32.2. The van der Waals surface area contributed by atoms with Crippen LogP contribution in [0.5, 0.6) is 0 Å². The van der Waals surface area contributed by atoms with Gasteiger partial charge in [-0.25, -0.2) is 13.1 Å². The average molecular weight is 284 g/mol. The SMILES string of the molecule is Cc1ccc(S(=O)(=O)NC(CN)C(C)(C)C)c(C)c1. The molecule has 108 valence electrons. The molecule has 0 aliphatic rings. The van der Waals surface area contributed by atoms with Crippen LogP contribution in [-0.4, -0.2) is 21.0 Å². The molecular weight excluding hydrogens is 260 g/mol. The van der Waals surface area contributed by atoms with Gasteiger partial charge in [0.2, 0.25) is 10.0 Å². The second-order valence-electron chi connectivity index (χ2n) is 6.04. The second-order valence-corrected chi connectivity index (χ2v) is 7.73. The van der Waals surface area contributed by atoms with Gasteiger partial charge in [-0.3, -0.25) is 0 Å². The summed E-state index contributed by atoms with van der Waals surface area (Å²) in [4.78, 5) is 0.320. The second kappa shape index (κ2) is 5.61. The number of hydrogen-bond donors (Lipinski definition) is 2. The molecule has 1 aromatic rings. The van der Waals surface area contributed by atoms with Gasteiger partial charge in [-0.05, 0) is 30.9 Å². The van der Waals surface area contributed by atoms with Gasteiger partial charge in [-0.2, -0.15) is 0 Å². The van der Waals surface area contributed by atoms with Crippen molar-refractivity contribution in [3.8, 4) is 0 Å². The minimum Gasteiger partial charge on any atom is -0.329 e. The molecule has 0 radical (unpaired) electrons. The van der Waals surface area contributed by atoms with Crippen molar-refractivity contribution in [1.29, 1.82) is 0 Å². The van der Waals surface area contributed by atoms with Gasteiger partial charge in [0.05, 0.1) is 4.90 Å². The lowest BCUT2D eigenvalue weighted by Crippen LogP contribution is -2.48. The van der Waals surface area contributed by atoms with E-state index in [-0.39, 0.29) is 18.0 Å². The Bertz CT molecular complexity index is 545. The minimum atomic E-state index is -3.53. The number of aryl methyl sites for hydroxylation is 2. The average Bonchev–Trinajstić information content (AvgIpc) is 2.23. The summed E-state index contributed by atoms with van der Waals surface area (Å²) in [6, 6.07) is 5.01. The zero-order chi connectivity index (χ0) is 14.8. The number of sulfonamides is 1. The lowest BCUT2D eigenvalue weighted by molar-refractivity contribution is 0.304. The molecule has 19 heavy (non-hydrogen) atoms. The Morgan fingerprint density at radius 3 is 2.26 bits per heavy atom. The molecule has 0 fully saturated rings. The van der Waals surface area contributed by atoms with Gasteiger partial charge in [0.25, 0.3) is 0 Å². The summed E-state index contributed by atoms with van der Waals surface area (Å²) in [5.74, 6) is 0. The Hall–Kier alpha value is -0.910. The van der Waals surface area contributed by atoms with Crippen molar-refractivity contribution in [3.63, 3.8) is 0 Å². The van der Waals surface area contributed by atoms with Gasteiger partial charge in [0.1, 0.15) is 0 Å². The molecule has 5 heteroatoms. The number of hydrogen-bond acceptors (Lipinski definition) is 3. The van der Waals surface area contributed by atoms with Crippen molar-refractivity contribution in [2.75, 3.05) is 6.54 Å². The molecule has 0 aromatic heterocycles. The number of benzene rings is 1. The van der Waals surface area contributed by atoms with Crippen molar-refractivity contribution in [2.24, 2.45) is 11.1 Å². The Morgan fingerprint density at radius 1 is 1.26 bits per heavy atom. The van der Waals surface area contributed by atoms with Gasteiger partial charge < -0.3 is 5.73 Å². The van der Waals surface area contributed by atoms with E-state index < -0.39 is 10.0 Å². The fraction of sp³-hybridized carbons (Fsp3) is 0.571. The van der Waals surface area contributed by atoms with Crippen LogP contribution in [0.2, 0.25) is 0 Å². The van der Waals surface area contributed by atoms with E-state index >= 15 is 0 Å². The van der Waals surface area contributed by atoms with E-state index in [9.17, 15) is 8.42 Å². The van der Waals surface area contributed by atoms with Crippen LogP contribution in [-0.2, 0) is 10.0 Å². The fourth-order valence-corrected chi connectivity index (χ4v) is 3.61. The van der Waals surface area contributed by atoms with Gasteiger partial charge >= 0.3 is 0 Å². The molecular formula is C14H24N2O2S. The third-order valence-corrected chi connectivity index (χ3v) is 4.83. The molecule has 4 nitrogen and oxygen atoms in total. The van der Waals surface area contributed by atoms with E-state index in [1.54, 1.807) is 19.1 Å². The summed E-state index contributed by atoms with van der Waals surface area (Å²) in [5, 5.41) is 0.